The van der Waals surface area contributed by atoms with Crippen LogP contribution in [0.1, 0.15) is 40.0 Å². The highest BCUT2D eigenvalue weighted by atomic mass is 16.6. The minimum atomic E-state index is -0.525. The third-order valence-corrected chi connectivity index (χ3v) is 3.16. The molecule has 0 aromatic rings. The lowest BCUT2D eigenvalue weighted by molar-refractivity contribution is -0.153. The maximum absolute atomic E-state index is 11.8. The second kappa shape index (κ2) is 4.20. The van der Waals surface area contributed by atoms with Crippen LogP contribution >= 0.6 is 0 Å². The van der Waals surface area contributed by atoms with E-state index in [1.54, 1.807) is 0 Å². The van der Waals surface area contributed by atoms with Crippen molar-refractivity contribution in [2.45, 2.75) is 57.7 Å². The summed E-state index contributed by atoms with van der Waals surface area (Å²) in [6.45, 7) is 6.25. The Kier molecular flexibility index (Phi) is 3.02. The smallest absolute Gasteiger partial charge is 0.408 e. The van der Waals surface area contributed by atoms with Gasteiger partial charge in [-0.05, 0) is 40.0 Å². The van der Waals surface area contributed by atoms with Crippen LogP contribution < -0.4 is 5.32 Å². The molecule has 2 aliphatic heterocycles. The fourth-order valence-corrected chi connectivity index (χ4v) is 2.43. The van der Waals surface area contributed by atoms with Gasteiger partial charge in [-0.3, -0.25) is 4.79 Å². The molecular formula is C12H20N2O3. The fourth-order valence-electron chi connectivity index (χ4n) is 2.43. The highest BCUT2D eigenvalue weighted by Crippen LogP contribution is 2.29. The quantitative estimate of drug-likeness (QED) is 0.702. The normalized spacial score (nSPS) is 28.2. The summed E-state index contributed by atoms with van der Waals surface area (Å²) in [7, 11) is 0. The maximum Gasteiger partial charge on any atom is 0.408 e. The van der Waals surface area contributed by atoms with E-state index < -0.39 is 11.7 Å². The number of ether oxygens (including phenoxy) is 1. The molecule has 2 unspecified atom stereocenters. The molecule has 0 saturated carbocycles. The second-order valence-electron chi connectivity index (χ2n) is 5.72. The molecule has 0 aromatic heterocycles. The molecule has 2 fully saturated rings. The summed E-state index contributed by atoms with van der Waals surface area (Å²) in [6.07, 6.45) is 2.68. The van der Waals surface area contributed by atoms with Gasteiger partial charge in [0.05, 0.1) is 6.04 Å². The lowest BCUT2D eigenvalue weighted by Gasteiger charge is -2.49. The molecule has 2 amide bonds. The number of hydrogen-bond donors (Lipinski definition) is 1. The van der Waals surface area contributed by atoms with Gasteiger partial charge in [-0.1, -0.05) is 0 Å². The van der Waals surface area contributed by atoms with Crippen molar-refractivity contribution >= 4 is 12.0 Å². The number of fused-ring (bicyclic) bond motifs is 1. The Balaban J connectivity index is 1.87. The average Bonchev–Trinajstić information content (AvgIpc) is 2.23. The van der Waals surface area contributed by atoms with Crippen LogP contribution in [0.2, 0.25) is 0 Å². The molecule has 2 heterocycles. The minimum absolute atomic E-state index is 0.0283. The standard InChI is InChI=1S/C12H20N2O3/c1-12(2,3)17-11(16)13-9-8-6-4-5-7-14(8)10(9)15/h8-9H,4-7H2,1-3H3,(H,13,16). The second-order valence-corrected chi connectivity index (χ2v) is 5.72. The summed E-state index contributed by atoms with van der Waals surface area (Å²) in [4.78, 5) is 25.2. The van der Waals surface area contributed by atoms with Crippen molar-refractivity contribution in [2.75, 3.05) is 6.54 Å². The van der Waals surface area contributed by atoms with Crippen molar-refractivity contribution in [3.8, 4) is 0 Å². The van der Waals surface area contributed by atoms with Crippen LogP contribution in [0.3, 0.4) is 0 Å². The van der Waals surface area contributed by atoms with E-state index in [1.165, 1.54) is 0 Å². The highest BCUT2D eigenvalue weighted by Gasteiger charge is 2.49. The summed E-state index contributed by atoms with van der Waals surface area (Å²) in [5.74, 6) is 0.0283. The van der Waals surface area contributed by atoms with Gasteiger partial charge in [0.15, 0.2) is 0 Å². The first-order valence-electron chi connectivity index (χ1n) is 6.18. The maximum atomic E-state index is 11.8. The van der Waals surface area contributed by atoms with Crippen molar-refractivity contribution in [2.24, 2.45) is 0 Å². The number of carbonyl (C=O) groups excluding carboxylic acids is 2. The highest BCUT2D eigenvalue weighted by molar-refractivity contribution is 5.92. The predicted molar refractivity (Wildman–Crippen MR) is 62.5 cm³/mol. The molecule has 0 aliphatic carbocycles. The van der Waals surface area contributed by atoms with Crippen LogP contribution in [-0.4, -0.2) is 41.1 Å². The van der Waals surface area contributed by atoms with Gasteiger partial charge in [-0.25, -0.2) is 4.79 Å². The topological polar surface area (TPSA) is 58.6 Å². The third-order valence-electron chi connectivity index (χ3n) is 3.16. The van der Waals surface area contributed by atoms with E-state index >= 15 is 0 Å². The van der Waals surface area contributed by atoms with E-state index in [2.05, 4.69) is 5.32 Å². The molecule has 0 radical (unpaired) electrons. The van der Waals surface area contributed by atoms with E-state index in [-0.39, 0.29) is 18.0 Å². The first kappa shape index (κ1) is 12.2. The molecule has 2 aliphatic rings. The zero-order valence-corrected chi connectivity index (χ0v) is 10.7. The number of amides is 2. The van der Waals surface area contributed by atoms with E-state index in [1.807, 2.05) is 25.7 Å². The molecule has 2 saturated heterocycles. The van der Waals surface area contributed by atoms with Gasteiger partial charge in [-0.15, -0.1) is 0 Å². The Morgan fingerprint density at radius 1 is 1.41 bits per heavy atom. The lowest BCUT2D eigenvalue weighted by Crippen LogP contribution is -2.71. The van der Waals surface area contributed by atoms with Gasteiger partial charge >= 0.3 is 6.09 Å². The molecule has 2 atom stereocenters. The van der Waals surface area contributed by atoms with E-state index in [4.69, 9.17) is 4.74 Å². The molecule has 1 N–H and O–H groups in total. The van der Waals surface area contributed by atoms with Crippen molar-refractivity contribution in [1.29, 1.82) is 0 Å². The van der Waals surface area contributed by atoms with Crippen LogP contribution in [0.4, 0.5) is 4.79 Å². The number of nitrogens with zero attached hydrogens (tertiary/aromatic N) is 1. The van der Waals surface area contributed by atoms with Crippen molar-refractivity contribution < 1.29 is 14.3 Å². The SMILES string of the molecule is CC(C)(C)OC(=O)NC1C(=O)N2CCCCC12. The molecule has 0 bridgehead atoms. The van der Waals surface area contributed by atoms with E-state index in [0.717, 1.165) is 25.8 Å². The van der Waals surface area contributed by atoms with Crippen LogP contribution in [0.5, 0.6) is 0 Å². The van der Waals surface area contributed by atoms with Gasteiger partial charge in [0.1, 0.15) is 11.6 Å². The Hall–Kier alpha value is -1.26. The minimum Gasteiger partial charge on any atom is -0.444 e. The molecule has 5 nitrogen and oxygen atoms in total. The van der Waals surface area contributed by atoms with Gasteiger partial charge in [0.2, 0.25) is 5.91 Å². The first-order chi connectivity index (χ1) is 7.88. The Labute approximate surface area is 101 Å². The van der Waals surface area contributed by atoms with Crippen LogP contribution in [-0.2, 0) is 9.53 Å². The van der Waals surface area contributed by atoms with Crippen molar-refractivity contribution in [1.82, 2.24) is 10.2 Å². The van der Waals surface area contributed by atoms with Crippen molar-refractivity contribution in [3.63, 3.8) is 0 Å². The lowest BCUT2D eigenvalue weighted by atomic mass is 9.86. The van der Waals surface area contributed by atoms with E-state index in [0.29, 0.717) is 0 Å². The monoisotopic (exact) mass is 240 g/mol. The number of hydrogen-bond acceptors (Lipinski definition) is 3. The first-order valence-corrected chi connectivity index (χ1v) is 6.18. The molecular weight excluding hydrogens is 220 g/mol. The number of alkyl carbamates (subject to hydrolysis) is 1. The molecule has 2 rings (SSSR count). The van der Waals surface area contributed by atoms with Gasteiger partial charge < -0.3 is 15.0 Å². The molecule has 96 valence electrons. The Bertz CT molecular complexity index is 335. The number of rotatable bonds is 1. The van der Waals surface area contributed by atoms with Crippen LogP contribution in [0.15, 0.2) is 0 Å². The van der Waals surface area contributed by atoms with Crippen LogP contribution in [0, 0.1) is 0 Å². The number of β-lactam (4-membered cyclic amide) rings is 1. The number of piperidine rings is 1. The zero-order valence-electron chi connectivity index (χ0n) is 10.7. The summed E-state index contributed by atoms with van der Waals surface area (Å²) >= 11 is 0. The summed E-state index contributed by atoms with van der Waals surface area (Å²) in [5.41, 5.74) is -0.525. The number of carbonyl (C=O) groups is 2. The molecule has 0 aromatic carbocycles. The largest absolute Gasteiger partial charge is 0.444 e. The van der Waals surface area contributed by atoms with Gasteiger partial charge in [-0.2, -0.15) is 0 Å². The molecule has 17 heavy (non-hydrogen) atoms. The predicted octanol–water partition coefficient (Wildman–Crippen LogP) is 1.27. The number of nitrogens with one attached hydrogen (secondary N) is 1. The molecule has 5 heteroatoms. The van der Waals surface area contributed by atoms with Gasteiger partial charge in [0.25, 0.3) is 0 Å². The fraction of sp³-hybridized carbons (Fsp3) is 0.833. The Morgan fingerprint density at radius 3 is 2.76 bits per heavy atom. The summed E-state index contributed by atoms with van der Waals surface area (Å²) in [5, 5.41) is 2.67. The van der Waals surface area contributed by atoms with Crippen LogP contribution in [0.25, 0.3) is 0 Å². The summed E-state index contributed by atoms with van der Waals surface area (Å²) in [6, 6.07) is -0.186. The molecule has 0 spiro atoms. The average molecular weight is 240 g/mol. The van der Waals surface area contributed by atoms with E-state index in [9.17, 15) is 9.59 Å². The van der Waals surface area contributed by atoms with Gasteiger partial charge in [0, 0.05) is 6.54 Å². The Morgan fingerprint density at radius 2 is 2.12 bits per heavy atom. The van der Waals surface area contributed by atoms with Crippen molar-refractivity contribution in [3.05, 3.63) is 0 Å². The zero-order chi connectivity index (χ0) is 12.6. The third kappa shape index (κ3) is 2.53. The summed E-state index contributed by atoms with van der Waals surface area (Å²) < 4.78 is 5.15.